The van der Waals surface area contributed by atoms with Gasteiger partial charge in [0.1, 0.15) is 5.52 Å². The molecule has 0 unspecified atom stereocenters. The Morgan fingerprint density at radius 1 is 0.449 bits per heavy atom. The number of oxazole rings is 1. The summed E-state index contributed by atoms with van der Waals surface area (Å²) >= 11 is 0. The minimum Gasteiger partial charge on any atom is -0.435 e. The molecule has 0 N–H and O–H groups in total. The van der Waals surface area contributed by atoms with Crippen molar-refractivity contribution in [2.75, 3.05) is 4.90 Å². The largest absolute Gasteiger partial charge is 0.435 e. The van der Waals surface area contributed by atoms with Crippen molar-refractivity contribution in [3.63, 3.8) is 0 Å². The monoisotopic (exact) mass is 628 g/mol. The molecule has 232 valence electrons. The molecule has 0 fully saturated rings. The molecule has 49 heavy (non-hydrogen) atoms. The second-order valence-corrected chi connectivity index (χ2v) is 12.4. The van der Waals surface area contributed by atoms with Crippen LogP contribution in [0.3, 0.4) is 0 Å². The molecule has 3 heteroatoms. The number of aromatic nitrogens is 1. The van der Waals surface area contributed by atoms with Gasteiger partial charge in [-0.15, -0.1) is 0 Å². The highest BCUT2D eigenvalue weighted by atomic mass is 16.3. The van der Waals surface area contributed by atoms with Crippen LogP contribution in [0.15, 0.2) is 186 Å². The Morgan fingerprint density at radius 2 is 1.08 bits per heavy atom. The summed E-state index contributed by atoms with van der Waals surface area (Å²) < 4.78 is 6.55. The molecule has 0 saturated carbocycles. The second-order valence-electron chi connectivity index (χ2n) is 12.4. The molecule has 9 aromatic rings. The summed E-state index contributed by atoms with van der Waals surface area (Å²) in [5.41, 5.74) is 11.0. The van der Waals surface area contributed by atoms with Gasteiger partial charge in [-0.1, -0.05) is 152 Å². The molecule has 3 nitrogen and oxygen atoms in total. The molecule has 0 saturated heterocycles. The minimum atomic E-state index is 0.627. The van der Waals surface area contributed by atoms with Crippen molar-refractivity contribution < 1.29 is 4.42 Å². The Labute approximate surface area is 285 Å². The van der Waals surface area contributed by atoms with Gasteiger partial charge < -0.3 is 9.32 Å². The lowest BCUT2D eigenvalue weighted by Crippen LogP contribution is -2.17. The van der Waals surface area contributed by atoms with E-state index in [-0.39, 0.29) is 0 Å². The van der Waals surface area contributed by atoms with E-state index < -0.39 is 0 Å². The quantitative estimate of drug-likeness (QED) is 0.176. The number of hydrogen-bond donors (Lipinski definition) is 0. The topological polar surface area (TPSA) is 29.3 Å². The van der Waals surface area contributed by atoms with Crippen molar-refractivity contribution >= 4 is 44.0 Å². The van der Waals surface area contributed by atoms with Crippen LogP contribution in [-0.2, 0) is 6.54 Å². The number of fused-ring (bicyclic) bond motifs is 4. The average molecular weight is 629 g/mol. The van der Waals surface area contributed by atoms with Crippen LogP contribution in [0.5, 0.6) is 0 Å². The first-order valence-corrected chi connectivity index (χ1v) is 16.7. The molecule has 0 amide bonds. The average Bonchev–Trinajstić information content (AvgIpc) is 3.63. The van der Waals surface area contributed by atoms with E-state index in [4.69, 9.17) is 9.40 Å². The van der Waals surface area contributed by atoms with E-state index in [1.165, 1.54) is 27.8 Å². The van der Waals surface area contributed by atoms with Gasteiger partial charge in [0.2, 0.25) is 5.89 Å². The first-order valence-electron chi connectivity index (χ1n) is 16.7. The van der Waals surface area contributed by atoms with E-state index >= 15 is 0 Å². The number of hydrogen-bond acceptors (Lipinski definition) is 3. The molecule has 0 aliphatic heterocycles. The predicted molar refractivity (Wildman–Crippen MR) is 204 cm³/mol. The van der Waals surface area contributed by atoms with Crippen LogP contribution in [0, 0.1) is 0 Å². The van der Waals surface area contributed by atoms with Crippen molar-refractivity contribution in [3.05, 3.63) is 188 Å². The molecule has 8 aromatic carbocycles. The maximum atomic E-state index is 6.55. The number of benzene rings is 8. The van der Waals surface area contributed by atoms with Gasteiger partial charge in [0, 0.05) is 34.3 Å². The van der Waals surface area contributed by atoms with Gasteiger partial charge in [-0.3, -0.25) is 0 Å². The van der Waals surface area contributed by atoms with Gasteiger partial charge >= 0.3 is 0 Å². The molecule has 0 aliphatic carbocycles. The van der Waals surface area contributed by atoms with Crippen molar-refractivity contribution in [2.45, 2.75) is 6.54 Å². The molecular formula is C46H32N2O. The van der Waals surface area contributed by atoms with Crippen LogP contribution in [0.2, 0.25) is 0 Å². The summed E-state index contributed by atoms with van der Waals surface area (Å²) in [6.07, 6.45) is 0. The van der Waals surface area contributed by atoms with E-state index in [1.807, 2.05) is 12.1 Å². The zero-order valence-electron chi connectivity index (χ0n) is 26.8. The Hall–Kier alpha value is -6.45. The van der Waals surface area contributed by atoms with Crippen molar-refractivity contribution in [1.29, 1.82) is 0 Å². The predicted octanol–water partition coefficient (Wildman–Crippen LogP) is 12.5. The zero-order valence-corrected chi connectivity index (χ0v) is 26.8. The normalized spacial score (nSPS) is 11.3. The summed E-state index contributed by atoms with van der Waals surface area (Å²) in [6, 6.07) is 64.3. The molecule has 1 heterocycles. The smallest absolute Gasteiger partial charge is 0.227 e. The summed E-state index contributed by atoms with van der Waals surface area (Å²) in [7, 11) is 0. The van der Waals surface area contributed by atoms with Crippen LogP contribution >= 0.6 is 0 Å². The standard InChI is InChI=1S/C46H32N2O/c1-3-13-32(14-4-1)33-23-26-37(27-24-33)48(31-36-18-8-9-19-38(36)34-15-5-2-6-16-34)44-30-28-42(40-21-11-12-22-41(40)44)46-47-43-29-25-35-17-7-10-20-39(35)45(43)49-46/h1-30H,31H2. The number of anilines is 2. The van der Waals surface area contributed by atoms with Crippen LogP contribution < -0.4 is 4.90 Å². The Bertz CT molecular complexity index is 2570. The highest BCUT2D eigenvalue weighted by Crippen LogP contribution is 2.41. The number of nitrogens with zero attached hydrogens (tertiary/aromatic N) is 2. The fourth-order valence-corrected chi connectivity index (χ4v) is 6.98. The van der Waals surface area contributed by atoms with Crippen LogP contribution in [0.4, 0.5) is 11.4 Å². The first kappa shape index (κ1) is 28.7. The van der Waals surface area contributed by atoms with Crippen LogP contribution in [0.1, 0.15) is 5.56 Å². The zero-order chi connectivity index (χ0) is 32.6. The number of rotatable bonds is 7. The third-order valence-electron chi connectivity index (χ3n) is 9.42. The highest BCUT2D eigenvalue weighted by Gasteiger charge is 2.20. The van der Waals surface area contributed by atoms with E-state index in [1.54, 1.807) is 0 Å². The van der Waals surface area contributed by atoms with Gasteiger partial charge in [-0.25, -0.2) is 4.98 Å². The van der Waals surface area contributed by atoms with Gasteiger partial charge in [0.05, 0.1) is 0 Å². The summed E-state index contributed by atoms with van der Waals surface area (Å²) in [5, 5.41) is 4.44. The minimum absolute atomic E-state index is 0.627. The summed E-state index contributed by atoms with van der Waals surface area (Å²) in [5.74, 6) is 0.627. The fraction of sp³-hybridized carbons (Fsp3) is 0.0217. The molecule has 9 rings (SSSR count). The molecule has 0 radical (unpaired) electrons. The Balaban J connectivity index is 1.20. The Morgan fingerprint density at radius 3 is 1.88 bits per heavy atom. The third-order valence-corrected chi connectivity index (χ3v) is 9.42. The third kappa shape index (κ3) is 5.32. The molecular weight excluding hydrogens is 597 g/mol. The highest BCUT2D eigenvalue weighted by molar-refractivity contribution is 6.06. The second kappa shape index (κ2) is 12.3. The van der Waals surface area contributed by atoms with E-state index in [0.29, 0.717) is 12.4 Å². The fourth-order valence-electron chi connectivity index (χ4n) is 6.98. The van der Waals surface area contributed by atoms with Gasteiger partial charge in [-0.2, -0.15) is 0 Å². The summed E-state index contributed by atoms with van der Waals surface area (Å²) in [4.78, 5) is 7.42. The van der Waals surface area contributed by atoms with E-state index in [2.05, 4.69) is 175 Å². The van der Waals surface area contributed by atoms with Crippen molar-refractivity contribution in [3.8, 4) is 33.7 Å². The van der Waals surface area contributed by atoms with Crippen LogP contribution in [-0.4, -0.2) is 4.98 Å². The van der Waals surface area contributed by atoms with Crippen LogP contribution in [0.25, 0.3) is 66.4 Å². The van der Waals surface area contributed by atoms with Gasteiger partial charge in [-0.05, 0) is 68.9 Å². The summed E-state index contributed by atoms with van der Waals surface area (Å²) in [6.45, 7) is 0.688. The Kier molecular flexibility index (Phi) is 7.21. The molecule has 1 aromatic heterocycles. The lowest BCUT2D eigenvalue weighted by molar-refractivity contribution is 0.623. The van der Waals surface area contributed by atoms with E-state index in [0.717, 1.165) is 49.6 Å². The SMILES string of the molecule is c1ccc(-c2ccc(N(Cc3ccccc3-c3ccccc3)c3ccc(-c4nc5ccc6ccccc6c5o4)c4ccccc34)cc2)cc1. The first-order chi connectivity index (χ1) is 24.3. The lowest BCUT2D eigenvalue weighted by atomic mass is 9.97. The molecule has 0 aliphatic rings. The van der Waals surface area contributed by atoms with Crippen molar-refractivity contribution in [2.24, 2.45) is 0 Å². The molecule has 0 bridgehead atoms. The van der Waals surface area contributed by atoms with Gasteiger partial charge in [0.15, 0.2) is 5.58 Å². The maximum absolute atomic E-state index is 6.55. The molecule has 0 atom stereocenters. The van der Waals surface area contributed by atoms with E-state index in [9.17, 15) is 0 Å². The maximum Gasteiger partial charge on any atom is 0.227 e. The lowest BCUT2D eigenvalue weighted by Gasteiger charge is -2.28. The van der Waals surface area contributed by atoms with Crippen molar-refractivity contribution in [1.82, 2.24) is 4.98 Å². The molecule has 0 spiro atoms. The van der Waals surface area contributed by atoms with Gasteiger partial charge in [0.25, 0.3) is 0 Å².